The van der Waals surface area contributed by atoms with Gasteiger partial charge in [0.25, 0.3) is 0 Å². The van der Waals surface area contributed by atoms with Gasteiger partial charge in [-0.1, -0.05) is 33.6 Å². The molecule has 0 aromatic carbocycles. The van der Waals surface area contributed by atoms with Gasteiger partial charge >= 0.3 is 0 Å². The number of rotatable bonds is 3. The number of anilines is 1. The van der Waals surface area contributed by atoms with E-state index in [1.165, 1.54) is 25.7 Å². The Balaban J connectivity index is 2.23. The van der Waals surface area contributed by atoms with E-state index in [9.17, 15) is 0 Å². The lowest BCUT2D eigenvalue weighted by molar-refractivity contribution is 0.339. The van der Waals surface area contributed by atoms with Gasteiger partial charge in [-0.3, -0.25) is 0 Å². The average Bonchev–Trinajstić information content (AvgIpc) is 2.35. The van der Waals surface area contributed by atoms with Gasteiger partial charge in [0.2, 0.25) is 0 Å². The first-order valence-corrected chi connectivity index (χ1v) is 8.08. The summed E-state index contributed by atoms with van der Waals surface area (Å²) in [5.41, 5.74) is 7.10. The molecule has 1 fully saturated rings. The fraction of sp³-hybridized carbons (Fsp3) is 0.733. The summed E-state index contributed by atoms with van der Waals surface area (Å²) in [6.45, 7) is 6.73. The molecule has 0 aliphatic heterocycles. The predicted molar refractivity (Wildman–Crippen MR) is 83.1 cm³/mol. The molecule has 0 bridgehead atoms. The van der Waals surface area contributed by atoms with E-state index in [1.54, 1.807) is 0 Å². The second-order valence-corrected chi connectivity index (χ2v) is 7.08. The van der Waals surface area contributed by atoms with Crippen molar-refractivity contribution in [1.29, 1.82) is 0 Å². The monoisotopic (exact) mass is 325 g/mol. The van der Waals surface area contributed by atoms with E-state index in [0.29, 0.717) is 17.7 Å². The first-order valence-electron chi connectivity index (χ1n) is 7.29. The first-order chi connectivity index (χ1) is 8.97. The van der Waals surface area contributed by atoms with Crippen molar-refractivity contribution in [2.75, 3.05) is 5.73 Å². The van der Waals surface area contributed by atoms with Crippen LogP contribution >= 0.6 is 15.9 Å². The standard InChI is InChI=1S/C15H24BrN3/c1-9(2)8-12-13(16)14(17)19-15(18-12)11-6-4-10(3)5-7-11/h9-11H,4-8H2,1-3H3,(H2,17,18,19). The van der Waals surface area contributed by atoms with Gasteiger partial charge in [0.1, 0.15) is 11.6 Å². The van der Waals surface area contributed by atoms with Gasteiger partial charge in [-0.2, -0.15) is 0 Å². The zero-order valence-corrected chi connectivity index (χ0v) is 13.7. The van der Waals surface area contributed by atoms with Crippen LogP contribution < -0.4 is 5.73 Å². The predicted octanol–water partition coefficient (Wildman–Crippen LogP) is 4.31. The van der Waals surface area contributed by atoms with Crippen molar-refractivity contribution in [1.82, 2.24) is 9.97 Å². The summed E-state index contributed by atoms with van der Waals surface area (Å²) in [6, 6.07) is 0. The van der Waals surface area contributed by atoms with Gasteiger partial charge in [0.15, 0.2) is 0 Å². The maximum atomic E-state index is 6.03. The van der Waals surface area contributed by atoms with Crippen molar-refractivity contribution in [2.24, 2.45) is 11.8 Å². The van der Waals surface area contributed by atoms with Gasteiger partial charge in [-0.05, 0) is 47.0 Å². The van der Waals surface area contributed by atoms with Gasteiger partial charge in [0.05, 0.1) is 10.2 Å². The lowest BCUT2D eigenvalue weighted by Crippen LogP contribution is -2.16. The summed E-state index contributed by atoms with van der Waals surface area (Å²) in [5, 5.41) is 0. The van der Waals surface area contributed by atoms with Crippen LogP contribution in [-0.4, -0.2) is 9.97 Å². The normalized spacial score (nSPS) is 23.8. The van der Waals surface area contributed by atoms with Crippen LogP contribution in [0.15, 0.2) is 4.47 Å². The minimum absolute atomic E-state index is 0.498. The van der Waals surface area contributed by atoms with Crippen LogP contribution in [0.5, 0.6) is 0 Å². The number of halogens is 1. The molecular formula is C15H24BrN3. The smallest absolute Gasteiger partial charge is 0.141 e. The Morgan fingerprint density at radius 3 is 2.42 bits per heavy atom. The van der Waals surface area contributed by atoms with E-state index in [2.05, 4.69) is 41.7 Å². The summed E-state index contributed by atoms with van der Waals surface area (Å²) in [4.78, 5) is 9.29. The SMILES string of the molecule is CC(C)Cc1nc(C2CCC(C)CC2)nc(N)c1Br. The number of nitrogens with zero attached hydrogens (tertiary/aromatic N) is 2. The van der Waals surface area contributed by atoms with E-state index in [0.717, 1.165) is 28.3 Å². The number of hydrogen-bond acceptors (Lipinski definition) is 3. The number of nitrogens with two attached hydrogens (primary N) is 1. The molecule has 0 atom stereocenters. The van der Waals surface area contributed by atoms with E-state index in [1.807, 2.05) is 0 Å². The molecule has 1 aromatic rings. The molecule has 0 saturated heterocycles. The Bertz CT molecular complexity index is 437. The molecule has 1 aliphatic rings. The van der Waals surface area contributed by atoms with Crippen molar-refractivity contribution < 1.29 is 0 Å². The number of nitrogen functional groups attached to an aromatic ring is 1. The molecule has 1 heterocycles. The lowest BCUT2D eigenvalue weighted by Gasteiger charge is -2.25. The molecule has 0 amide bonds. The Hall–Kier alpha value is -0.640. The molecule has 1 saturated carbocycles. The summed E-state index contributed by atoms with van der Waals surface area (Å²) in [7, 11) is 0. The third kappa shape index (κ3) is 3.68. The Kier molecular flexibility index (Phi) is 4.82. The van der Waals surface area contributed by atoms with Crippen LogP contribution in [0.2, 0.25) is 0 Å². The van der Waals surface area contributed by atoms with Gasteiger partial charge in [0, 0.05) is 5.92 Å². The first kappa shape index (κ1) is 14.8. The molecule has 3 nitrogen and oxygen atoms in total. The van der Waals surface area contributed by atoms with E-state index in [4.69, 9.17) is 10.7 Å². The van der Waals surface area contributed by atoms with Crippen LogP contribution in [0.4, 0.5) is 5.82 Å². The van der Waals surface area contributed by atoms with Gasteiger partial charge in [-0.15, -0.1) is 0 Å². The molecule has 106 valence electrons. The minimum atomic E-state index is 0.498. The van der Waals surface area contributed by atoms with Crippen LogP contribution in [-0.2, 0) is 6.42 Å². The van der Waals surface area contributed by atoms with Gasteiger partial charge < -0.3 is 5.73 Å². The summed E-state index contributed by atoms with van der Waals surface area (Å²) < 4.78 is 0.883. The largest absolute Gasteiger partial charge is 0.383 e. The summed E-state index contributed by atoms with van der Waals surface area (Å²) in [5.74, 6) is 3.48. The topological polar surface area (TPSA) is 51.8 Å². The van der Waals surface area contributed by atoms with Crippen LogP contribution in [0.25, 0.3) is 0 Å². The Morgan fingerprint density at radius 2 is 1.84 bits per heavy atom. The van der Waals surface area contributed by atoms with Crippen molar-refractivity contribution in [3.05, 3.63) is 16.0 Å². The van der Waals surface area contributed by atoms with Crippen molar-refractivity contribution in [3.63, 3.8) is 0 Å². The average molecular weight is 326 g/mol. The Labute approximate surface area is 124 Å². The maximum absolute atomic E-state index is 6.03. The van der Waals surface area contributed by atoms with Crippen molar-refractivity contribution in [3.8, 4) is 0 Å². The lowest BCUT2D eigenvalue weighted by atomic mass is 9.82. The third-order valence-electron chi connectivity index (χ3n) is 3.95. The molecule has 1 aliphatic carbocycles. The Morgan fingerprint density at radius 1 is 1.21 bits per heavy atom. The molecule has 0 spiro atoms. The molecule has 4 heteroatoms. The van der Waals surface area contributed by atoms with E-state index in [-0.39, 0.29) is 0 Å². The fourth-order valence-corrected chi connectivity index (χ4v) is 3.09. The summed E-state index contributed by atoms with van der Waals surface area (Å²) in [6.07, 6.45) is 5.91. The molecule has 0 unspecified atom stereocenters. The zero-order chi connectivity index (χ0) is 14.0. The van der Waals surface area contributed by atoms with Crippen molar-refractivity contribution >= 4 is 21.7 Å². The van der Waals surface area contributed by atoms with E-state index < -0.39 is 0 Å². The van der Waals surface area contributed by atoms with Crippen LogP contribution in [0.1, 0.15) is 63.9 Å². The quantitative estimate of drug-likeness (QED) is 0.900. The molecule has 2 rings (SSSR count). The highest BCUT2D eigenvalue weighted by Crippen LogP contribution is 2.35. The fourth-order valence-electron chi connectivity index (χ4n) is 2.76. The number of hydrogen-bond donors (Lipinski definition) is 1. The molecular weight excluding hydrogens is 302 g/mol. The van der Waals surface area contributed by atoms with Crippen LogP contribution in [0, 0.1) is 11.8 Å². The highest BCUT2D eigenvalue weighted by atomic mass is 79.9. The molecule has 2 N–H and O–H groups in total. The van der Waals surface area contributed by atoms with Crippen LogP contribution in [0.3, 0.4) is 0 Å². The summed E-state index contributed by atoms with van der Waals surface area (Å²) >= 11 is 3.53. The molecule has 0 radical (unpaired) electrons. The van der Waals surface area contributed by atoms with Crippen molar-refractivity contribution in [2.45, 2.75) is 58.8 Å². The highest BCUT2D eigenvalue weighted by molar-refractivity contribution is 9.10. The molecule has 1 aromatic heterocycles. The minimum Gasteiger partial charge on any atom is -0.383 e. The number of aromatic nitrogens is 2. The molecule has 19 heavy (non-hydrogen) atoms. The zero-order valence-electron chi connectivity index (χ0n) is 12.1. The highest BCUT2D eigenvalue weighted by Gasteiger charge is 2.23. The maximum Gasteiger partial charge on any atom is 0.141 e. The third-order valence-corrected chi connectivity index (χ3v) is 4.81. The second-order valence-electron chi connectivity index (χ2n) is 6.28. The van der Waals surface area contributed by atoms with Gasteiger partial charge in [-0.25, -0.2) is 9.97 Å². The second kappa shape index (κ2) is 6.21. The van der Waals surface area contributed by atoms with E-state index >= 15 is 0 Å².